The van der Waals surface area contributed by atoms with E-state index in [-0.39, 0.29) is 11.6 Å². The molecule has 0 saturated heterocycles. The maximum Gasteiger partial charge on any atom is 0.275 e. The number of likely N-dealkylation sites (N-methyl/N-ethyl adjacent to an activating group) is 1. The first-order valence-corrected chi connectivity index (χ1v) is 6.75. The van der Waals surface area contributed by atoms with Crippen molar-refractivity contribution in [2.45, 2.75) is 26.3 Å². The number of nitro benzene ring substituents is 1. The van der Waals surface area contributed by atoms with Gasteiger partial charge in [0, 0.05) is 31.9 Å². The fraction of sp³-hybridized carbons (Fsp3) is 0.500. The number of amides is 1. The molecule has 1 unspecified atom stereocenters. The minimum Gasteiger partial charge on any atom is -0.493 e. The van der Waals surface area contributed by atoms with Crippen molar-refractivity contribution in [3.63, 3.8) is 0 Å². The summed E-state index contributed by atoms with van der Waals surface area (Å²) < 4.78 is 5.44. The van der Waals surface area contributed by atoms with Crippen LogP contribution in [0.25, 0.3) is 0 Å². The van der Waals surface area contributed by atoms with Gasteiger partial charge in [-0.2, -0.15) is 0 Å². The first kappa shape index (κ1) is 16.7. The summed E-state index contributed by atoms with van der Waals surface area (Å²) in [5.41, 5.74) is 0.411. The van der Waals surface area contributed by atoms with E-state index in [0.717, 1.165) is 6.42 Å². The van der Waals surface area contributed by atoms with Crippen LogP contribution >= 0.6 is 0 Å². The Morgan fingerprint density at radius 3 is 2.62 bits per heavy atom. The van der Waals surface area contributed by atoms with Crippen molar-refractivity contribution in [1.82, 2.24) is 4.90 Å². The molecule has 1 N–H and O–H groups in total. The van der Waals surface area contributed by atoms with Gasteiger partial charge in [0.15, 0.2) is 0 Å². The highest BCUT2D eigenvalue weighted by atomic mass is 16.6. The van der Waals surface area contributed by atoms with Crippen molar-refractivity contribution >= 4 is 17.3 Å². The van der Waals surface area contributed by atoms with E-state index in [2.05, 4.69) is 5.32 Å². The van der Waals surface area contributed by atoms with Gasteiger partial charge in [0.2, 0.25) is 5.91 Å². The van der Waals surface area contributed by atoms with Gasteiger partial charge in [-0.1, -0.05) is 6.92 Å². The zero-order valence-electron chi connectivity index (χ0n) is 12.8. The average Bonchev–Trinajstić information content (AvgIpc) is 2.43. The normalized spacial score (nSPS) is 11.6. The second-order valence-electron chi connectivity index (χ2n) is 4.92. The standard InChI is InChI=1S/C14H21N3O4/c1-5-6-21-13-8-11(7-12(9-13)17(19)20)15-10(2)14(18)16(3)4/h7-10,15H,5-6H2,1-4H3. The number of carbonyl (C=O) groups excluding carboxylic acids is 1. The van der Waals surface area contributed by atoms with Gasteiger partial charge >= 0.3 is 0 Å². The number of nitro groups is 1. The number of nitrogens with zero attached hydrogens (tertiary/aromatic N) is 2. The summed E-state index contributed by atoms with van der Waals surface area (Å²) in [6.07, 6.45) is 0.807. The van der Waals surface area contributed by atoms with E-state index in [9.17, 15) is 14.9 Å². The van der Waals surface area contributed by atoms with E-state index in [0.29, 0.717) is 18.0 Å². The van der Waals surface area contributed by atoms with E-state index in [4.69, 9.17) is 4.74 Å². The average molecular weight is 295 g/mol. The van der Waals surface area contributed by atoms with Gasteiger partial charge in [-0.3, -0.25) is 14.9 Å². The fourth-order valence-corrected chi connectivity index (χ4v) is 1.77. The lowest BCUT2D eigenvalue weighted by Gasteiger charge is -2.19. The lowest BCUT2D eigenvalue weighted by Crippen LogP contribution is -2.36. The lowest BCUT2D eigenvalue weighted by molar-refractivity contribution is -0.384. The Hall–Kier alpha value is -2.31. The second-order valence-corrected chi connectivity index (χ2v) is 4.92. The number of nitrogens with one attached hydrogen (secondary N) is 1. The molecule has 1 atom stereocenters. The molecule has 7 heteroatoms. The zero-order valence-corrected chi connectivity index (χ0v) is 12.8. The summed E-state index contributed by atoms with van der Waals surface area (Å²) in [7, 11) is 3.31. The zero-order chi connectivity index (χ0) is 16.0. The lowest BCUT2D eigenvalue weighted by atomic mass is 10.2. The molecular weight excluding hydrogens is 274 g/mol. The molecule has 0 aliphatic carbocycles. The third kappa shape index (κ3) is 4.94. The van der Waals surface area contributed by atoms with Crippen molar-refractivity contribution in [3.05, 3.63) is 28.3 Å². The van der Waals surface area contributed by atoms with Crippen LogP contribution in [0.15, 0.2) is 18.2 Å². The van der Waals surface area contributed by atoms with Crippen LogP contribution in [-0.4, -0.2) is 42.5 Å². The smallest absolute Gasteiger partial charge is 0.275 e. The maximum absolute atomic E-state index is 11.8. The molecule has 0 aromatic heterocycles. The number of hydrogen-bond donors (Lipinski definition) is 1. The highest BCUT2D eigenvalue weighted by molar-refractivity contribution is 5.84. The van der Waals surface area contributed by atoms with E-state index in [1.165, 1.54) is 17.0 Å². The predicted octanol–water partition coefficient (Wildman–Crippen LogP) is 2.27. The Bertz CT molecular complexity index is 517. The third-order valence-corrected chi connectivity index (χ3v) is 2.77. The number of non-ortho nitro benzene ring substituents is 1. The summed E-state index contributed by atoms with van der Waals surface area (Å²) in [5, 5.41) is 13.9. The van der Waals surface area contributed by atoms with Crippen LogP contribution in [0.5, 0.6) is 5.75 Å². The van der Waals surface area contributed by atoms with Crippen LogP contribution in [-0.2, 0) is 4.79 Å². The van der Waals surface area contributed by atoms with Crippen molar-refractivity contribution in [2.75, 3.05) is 26.0 Å². The number of ether oxygens (including phenoxy) is 1. The first-order chi connectivity index (χ1) is 9.85. The van der Waals surface area contributed by atoms with Crippen LogP contribution in [0.4, 0.5) is 11.4 Å². The molecule has 116 valence electrons. The molecular formula is C14H21N3O4. The summed E-state index contributed by atoms with van der Waals surface area (Å²) in [6.45, 7) is 4.13. The highest BCUT2D eigenvalue weighted by Gasteiger charge is 2.17. The van der Waals surface area contributed by atoms with Gasteiger partial charge in [-0.05, 0) is 13.3 Å². The van der Waals surface area contributed by atoms with Gasteiger partial charge in [-0.25, -0.2) is 0 Å². The molecule has 7 nitrogen and oxygen atoms in total. The van der Waals surface area contributed by atoms with Crippen LogP contribution < -0.4 is 10.1 Å². The minimum absolute atomic E-state index is 0.0735. The summed E-state index contributed by atoms with van der Waals surface area (Å²) in [6, 6.07) is 3.93. The summed E-state index contributed by atoms with van der Waals surface area (Å²) in [4.78, 5) is 23.8. The number of benzene rings is 1. The fourth-order valence-electron chi connectivity index (χ4n) is 1.77. The summed E-state index contributed by atoms with van der Waals surface area (Å²) in [5.74, 6) is 0.301. The first-order valence-electron chi connectivity index (χ1n) is 6.75. The Kier molecular flexibility index (Phi) is 5.95. The van der Waals surface area contributed by atoms with E-state index in [1.54, 1.807) is 27.1 Å². The molecule has 21 heavy (non-hydrogen) atoms. The number of hydrogen-bond acceptors (Lipinski definition) is 5. The molecule has 0 radical (unpaired) electrons. The van der Waals surface area contributed by atoms with Crippen molar-refractivity contribution in [1.29, 1.82) is 0 Å². The molecule has 0 aliphatic rings. The van der Waals surface area contributed by atoms with E-state index in [1.807, 2.05) is 6.92 Å². The Labute approximate surface area is 124 Å². The molecule has 0 bridgehead atoms. The number of rotatable bonds is 7. The highest BCUT2D eigenvalue weighted by Crippen LogP contribution is 2.26. The largest absolute Gasteiger partial charge is 0.493 e. The second kappa shape index (κ2) is 7.47. The number of carbonyl (C=O) groups is 1. The van der Waals surface area contributed by atoms with Crippen molar-refractivity contribution < 1.29 is 14.5 Å². The van der Waals surface area contributed by atoms with E-state index >= 15 is 0 Å². The molecule has 1 amide bonds. The summed E-state index contributed by atoms with van der Waals surface area (Å²) >= 11 is 0. The van der Waals surface area contributed by atoms with Gasteiger partial charge in [0.25, 0.3) is 5.69 Å². The Morgan fingerprint density at radius 1 is 1.43 bits per heavy atom. The maximum atomic E-state index is 11.8. The topological polar surface area (TPSA) is 84.7 Å². The van der Waals surface area contributed by atoms with Crippen LogP contribution in [0.2, 0.25) is 0 Å². The third-order valence-electron chi connectivity index (χ3n) is 2.77. The van der Waals surface area contributed by atoms with Crippen LogP contribution in [0.1, 0.15) is 20.3 Å². The molecule has 0 fully saturated rings. The van der Waals surface area contributed by atoms with Crippen LogP contribution in [0, 0.1) is 10.1 Å². The van der Waals surface area contributed by atoms with Gasteiger partial charge in [0.1, 0.15) is 11.8 Å². The molecule has 0 aliphatic heterocycles. The quantitative estimate of drug-likeness (QED) is 0.616. The molecule has 0 saturated carbocycles. The number of anilines is 1. The van der Waals surface area contributed by atoms with Crippen LogP contribution in [0.3, 0.4) is 0 Å². The van der Waals surface area contributed by atoms with Gasteiger partial charge < -0.3 is 15.0 Å². The SMILES string of the molecule is CCCOc1cc(NC(C)C(=O)N(C)C)cc([N+](=O)[O-])c1. The minimum atomic E-state index is -0.485. The van der Waals surface area contributed by atoms with Crippen molar-refractivity contribution in [3.8, 4) is 5.75 Å². The molecule has 0 spiro atoms. The molecule has 0 heterocycles. The predicted molar refractivity (Wildman–Crippen MR) is 80.7 cm³/mol. The van der Waals surface area contributed by atoms with E-state index < -0.39 is 11.0 Å². The Morgan fingerprint density at radius 2 is 2.10 bits per heavy atom. The molecule has 1 aromatic carbocycles. The van der Waals surface area contributed by atoms with Gasteiger partial charge in [0.05, 0.1) is 17.6 Å². The van der Waals surface area contributed by atoms with Gasteiger partial charge in [-0.15, -0.1) is 0 Å². The monoisotopic (exact) mass is 295 g/mol. The van der Waals surface area contributed by atoms with Crippen molar-refractivity contribution in [2.24, 2.45) is 0 Å². The molecule has 1 rings (SSSR count). The Balaban J connectivity index is 2.97. The molecule has 1 aromatic rings.